The van der Waals surface area contributed by atoms with Crippen molar-refractivity contribution in [2.75, 3.05) is 11.1 Å². The van der Waals surface area contributed by atoms with Gasteiger partial charge in [0.25, 0.3) is 0 Å². The number of carbonyl (C=O) groups is 1. The first kappa shape index (κ1) is 21.8. The van der Waals surface area contributed by atoms with E-state index in [0.29, 0.717) is 0 Å². The van der Waals surface area contributed by atoms with Crippen molar-refractivity contribution < 1.29 is 4.79 Å². The third kappa shape index (κ3) is 5.23. The average Bonchev–Trinajstić information content (AvgIpc) is 3.23. The Morgan fingerprint density at radius 1 is 0.938 bits per heavy atom. The number of para-hydroxylation sites is 1. The van der Waals surface area contributed by atoms with Crippen LogP contribution in [-0.2, 0) is 17.8 Å². The maximum Gasteiger partial charge on any atom is 0.234 e. The van der Waals surface area contributed by atoms with Gasteiger partial charge in [-0.1, -0.05) is 60.3 Å². The summed E-state index contributed by atoms with van der Waals surface area (Å²) in [5.41, 5.74) is 5.17. The van der Waals surface area contributed by atoms with E-state index < -0.39 is 0 Å². The Balaban J connectivity index is 1.51. The zero-order valence-corrected chi connectivity index (χ0v) is 19.0. The Morgan fingerprint density at radius 3 is 2.38 bits per heavy atom. The number of aromatic nitrogens is 4. The van der Waals surface area contributed by atoms with Gasteiger partial charge in [0, 0.05) is 30.2 Å². The Kier molecular flexibility index (Phi) is 6.97. The van der Waals surface area contributed by atoms with Gasteiger partial charge in [0.2, 0.25) is 5.91 Å². The number of aryl methyl sites for hydroxylation is 3. The van der Waals surface area contributed by atoms with Crippen molar-refractivity contribution in [2.24, 2.45) is 0 Å². The van der Waals surface area contributed by atoms with Crippen LogP contribution in [0.2, 0.25) is 0 Å². The fraction of sp³-hybridized carbons (Fsp3) is 0.200. The minimum Gasteiger partial charge on any atom is -0.325 e. The van der Waals surface area contributed by atoms with Gasteiger partial charge in [0.15, 0.2) is 11.0 Å². The van der Waals surface area contributed by atoms with Gasteiger partial charge in [0.1, 0.15) is 0 Å². The number of carbonyl (C=O) groups excluding carboxylic acids is 1. The Morgan fingerprint density at radius 2 is 1.66 bits per heavy atom. The highest BCUT2D eigenvalue weighted by Gasteiger charge is 2.16. The van der Waals surface area contributed by atoms with Gasteiger partial charge >= 0.3 is 0 Å². The van der Waals surface area contributed by atoms with Gasteiger partial charge in [-0.05, 0) is 49.1 Å². The number of thioether (sulfide) groups is 1. The zero-order valence-electron chi connectivity index (χ0n) is 18.2. The third-order valence-corrected chi connectivity index (χ3v) is 6.17. The molecule has 2 aromatic heterocycles. The van der Waals surface area contributed by atoms with Gasteiger partial charge in [-0.3, -0.25) is 9.78 Å². The lowest BCUT2D eigenvalue weighted by atomic mass is 10.1. The van der Waals surface area contributed by atoms with Gasteiger partial charge in [-0.15, -0.1) is 10.2 Å². The van der Waals surface area contributed by atoms with Gasteiger partial charge in [0.05, 0.1) is 5.75 Å². The van der Waals surface area contributed by atoms with Crippen LogP contribution in [0.25, 0.3) is 11.4 Å². The molecular formula is C25H25N5OS. The quantitative estimate of drug-likeness (QED) is 0.391. The summed E-state index contributed by atoms with van der Waals surface area (Å²) in [5, 5.41) is 12.6. The molecule has 0 fully saturated rings. The van der Waals surface area contributed by atoms with E-state index in [2.05, 4.69) is 37.2 Å². The standard InChI is InChI=1S/C25H25N5OS/c1-18-7-6-8-19(2)23(18)27-22(31)17-32-25-29-28-24(21-11-14-26-15-12-21)30(25)16-13-20-9-4-3-5-10-20/h3-12,14-15H,13,16-17H2,1-2H3,(H,27,31). The number of pyridine rings is 1. The molecule has 0 atom stereocenters. The molecule has 2 aromatic carbocycles. The number of amides is 1. The lowest BCUT2D eigenvalue weighted by molar-refractivity contribution is -0.113. The molecule has 2 heterocycles. The van der Waals surface area contributed by atoms with Crippen LogP contribution in [0.3, 0.4) is 0 Å². The van der Waals surface area contributed by atoms with E-state index in [4.69, 9.17) is 0 Å². The van der Waals surface area contributed by atoms with E-state index in [0.717, 1.165) is 46.3 Å². The Bertz CT molecular complexity index is 1170. The molecule has 0 unspecified atom stereocenters. The molecule has 1 N–H and O–H groups in total. The number of hydrogen-bond donors (Lipinski definition) is 1. The maximum atomic E-state index is 12.7. The largest absolute Gasteiger partial charge is 0.325 e. The van der Waals surface area contributed by atoms with E-state index in [1.165, 1.54) is 17.3 Å². The summed E-state index contributed by atoms with van der Waals surface area (Å²) in [4.78, 5) is 16.8. The Hall–Kier alpha value is -3.45. The molecule has 0 aliphatic rings. The highest BCUT2D eigenvalue weighted by Crippen LogP contribution is 2.25. The zero-order chi connectivity index (χ0) is 22.3. The minimum atomic E-state index is -0.0597. The molecule has 7 heteroatoms. The second kappa shape index (κ2) is 10.2. The summed E-state index contributed by atoms with van der Waals surface area (Å²) in [5.74, 6) is 0.976. The highest BCUT2D eigenvalue weighted by molar-refractivity contribution is 7.99. The molecule has 1 amide bonds. The summed E-state index contributed by atoms with van der Waals surface area (Å²) >= 11 is 1.40. The van der Waals surface area contributed by atoms with Crippen molar-refractivity contribution in [3.05, 3.63) is 89.7 Å². The molecule has 162 valence electrons. The molecule has 4 rings (SSSR count). The van der Waals surface area contributed by atoms with Crippen LogP contribution in [0.5, 0.6) is 0 Å². The second-order valence-electron chi connectivity index (χ2n) is 7.53. The fourth-order valence-corrected chi connectivity index (χ4v) is 4.28. The number of anilines is 1. The van der Waals surface area contributed by atoms with Crippen LogP contribution >= 0.6 is 11.8 Å². The van der Waals surface area contributed by atoms with Crippen LogP contribution in [-0.4, -0.2) is 31.4 Å². The monoisotopic (exact) mass is 443 g/mol. The normalized spacial score (nSPS) is 10.8. The summed E-state index contributed by atoms with van der Waals surface area (Å²) < 4.78 is 2.08. The molecule has 0 saturated carbocycles. The summed E-state index contributed by atoms with van der Waals surface area (Å²) in [6, 6.07) is 20.1. The van der Waals surface area contributed by atoms with Crippen LogP contribution in [0.4, 0.5) is 5.69 Å². The first-order valence-corrected chi connectivity index (χ1v) is 11.5. The number of rotatable bonds is 8. The average molecular weight is 444 g/mol. The first-order valence-electron chi connectivity index (χ1n) is 10.5. The topological polar surface area (TPSA) is 72.7 Å². The van der Waals surface area contributed by atoms with Crippen molar-refractivity contribution in [3.63, 3.8) is 0 Å². The number of hydrogen-bond acceptors (Lipinski definition) is 5. The van der Waals surface area contributed by atoms with Gasteiger partial charge in [-0.2, -0.15) is 0 Å². The Labute approximate surface area is 192 Å². The predicted octanol–water partition coefficient (Wildman–Crippen LogP) is 4.93. The number of nitrogens with zero attached hydrogens (tertiary/aromatic N) is 4. The summed E-state index contributed by atoms with van der Waals surface area (Å²) in [6.45, 7) is 4.71. The minimum absolute atomic E-state index is 0.0597. The van der Waals surface area contributed by atoms with E-state index in [1.54, 1.807) is 12.4 Å². The van der Waals surface area contributed by atoms with E-state index >= 15 is 0 Å². The number of nitrogens with one attached hydrogen (secondary N) is 1. The molecule has 0 radical (unpaired) electrons. The van der Waals surface area contributed by atoms with Gasteiger partial charge in [-0.25, -0.2) is 0 Å². The van der Waals surface area contributed by atoms with Crippen LogP contribution in [0, 0.1) is 13.8 Å². The molecule has 0 aliphatic heterocycles. The van der Waals surface area contributed by atoms with Crippen LogP contribution in [0.1, 0.15) is 16.7 Å². The molecule has 0 saturated heterocycles. The molecular weight excluding hydrogens is 418 g/mol. The smallest absolute Gasteiger partial charge is 0.234 e. The van der Waals surface area contributed by atoms with Crippen LogP contribution < -0.4 is 5.32 Å². The van der Waals surface area contributed by atoms with Crippen molar-refractivity contribution >= 4 is 23.4 Å². The fourth-order valence-electron chi connectivity index (χ4n) is 3.51. The van der Waals surface area contributed by atoms with Crippen molar-refractivity contribution in [2.45, 2.75) is 32.0 Å². The van der Waals surface area contributed by atoms with Gasteiger partial charge < -0.3 is 9.88 Å². The van der Waals surface area contributed by atoms with E-state index in [-0.39, 0.29) is 11.7 Å². The molecule has 0 spiro atoms. The van der Waals surface area contributed by atoms with E-state index in [9.17, 15) is 4.79 Å². The lowest BCUT2D eigenvalue weighted by Gasteiger charge is -2.12. The summed E-state index contributed by atoms with van der Waals surface area (Å²) in [7, 11) is 0. The maximum absolute atomic E-state index is 12.7. The summed E-state index contributed by atoms with van der Waals surface area (Å²) in [6.07, 6.45) is 4.34. The molecule has 32 heavy (non-hydrogen) atoms. The molecule has 0 bridgehead atoms. The molecule has 4 aromatic rings. The SMILES string of the molecule is Cc1cccc(C)c1NC(=O)CSc1nnc(-c2ccncc2)n1CCc1ccccc1. The lowest BCUT2D eigenvalue weighted by Crippen LogP contribution is -2.16. The highest BCUT2D eigenvalue weighted by atomic mass is 32.2. The van der Waals surface area contributed by atoms with Crippen molar-refractivity contribution in [1.82, 2.24) is 19.7 Å². The molecule has 0 aliphatic carbocycles. The first-order chi connectivity index (χ1) is 15.6. The second-order valence-corrected chi connectivity index (χ2v) is 8.48. The predicted molar refractivity (Wildman–Crippen MR) is 129 cm³/mol. The van der Waals surface area contributed by atoms with Crippen LogP contribution in [0.15, 0.2) is 78.2 Å². The third-order valence-electron chi connectivity index (χ3n) is 5.20. The molecule has 6 nitrogen and oxygen atoms in total. The number of benzene rings is 2. The van der Waals surface area contributed by atoms with E-state index in [1.807, 2.05) is 62.4 Å². The van der Waals surface area contributed by atoms with Crippen molar-refractivity contribution in [3.8, 4) is 11.4 Å². The van der Waals surface area contributed by atoms with Crippen molar-refractivity contribution in [1.29, 1.82) is 0 Å².